The van der Waals surface area contributed by atoms with Gasteiger partial charge >= 0.3 is 0 Å². The lowest BCUT2D eigenvalue weighted by Gasteiger charge is -2.14. The van der Waals surface area contributed by atoms with Gasteiger partial charge in [-0.25, -0.2) is 4.98 Å². The van der Waals surface area contributed by atoms with E-state index < -0.39 is 0 Å². The van der Waals surface area contributed by atoms with Crippen molar-refractivity contribution in [3.8, 4) is 11.4 Å². The molecule has 0 atom stereocenters. The minimum Gasteiger partial charge on any atom is -0.397 e. The summed E-state index contributed by atoms with van der Waals surface area (Å²) < 4.78 is 3.13. The van der Waals surface area contributed by atoms with Crippen molar-refractivity contribution in [2.24, 2.45) is 0 Å². The quantitative estimate of drug-likeness (QED) is 0.696. The largest absolute Gasteiger partial charge is 0.397 e. The van der Waals surface area contributed by atoms with Crippen molar-refractivity contribution in [3.05, 3.63) is 46.9 Å². The Hall–Kier alpha value is -1.81. The molecular formula is C16H16BrN3. The number of nitrogens with zero attached hydrogens (tertiary/aromatic N) is 2. The normalized spacial score (nSPS) is 11.4. The highest BCUT2D eigenvalue weighted by atomic mass is 79.9. The highest BCUT2D eigenvalue weighted by Gasteiger charge is 2.17. The molecule has 2 N–H and O–H groups in total. The van der Waals surface area contributed by atoms with Crippen molar-refractivity contribution >= 4 is 32.7 Å². The van der Waals surface area contributed by atoms with Gasteiger partial charge in [0.1, 0.15) is 5.82 Å². The Bertz CT molecular complexity index is 774. The Morgan fingerprint density at radius 2 is 1.85 bits per heavy atom. The molecular weight excluding hydrogens is 314 g/mol. The van der Waals surface area contributed by atoms with Crippen LogP contribution >= 0.6 is 15.9 Å². The van der Waals surface area contributed by atoms with Crippen LogP contribution in [0, 0.1) is 0 Å². The summed E-state index contributed by atoms with van der Waals surface area (Å²) in [6.45, 7) is 4.32. The third kappa shape index (κ3) is 2.00. The maximum Gasteiger partial charge on any atom is 0.143 e. The second-order valence-electron chi connectivity index (χ2n) is 5.09. The first-order valence-electron chi connectivity index (χ1n) is 6.61. The summed E-state index contributed by atoms with van der Waals surface area (Å²) in [6.07, 6.45) is 0. The molecule has 0 aliphatic carbocycles. The number of nitrogen functional groups attached to an aromatic ring is 1. The minimum absolute atomic E-state index is 0.316. The van der Waals surface area contributed by atoms with Crippen molar-refractivity contribution in [1.82, 2.24) is 9.55 Å². The van der Waals surface area contributed by atoms with Gasteiger partial charge in [-0.1, -0.05) is 18.2 Å². The van der Waals surface area contributed by atoms with E-state index >= 15 is 0 Å². The van der Waals surface area contributed by atoms with E-state index in [1.54, 1.807) is 0 Å². The molecule has 0 radical (unpaired) electrons. The summed E-state index contributed by atoms with van der Waals surface area (Å²) in [6, 6.07) is 14.4. The second-order valence-corrected chi connectivity index (χ2v) is 5.94. The number of fused-ring (bicyclic) bond motifs is 1. The molecule has 3 nitrogen and oxygen atoms in total. The molecule has 1 heterocycles. The van der Waals surface area contributed by atoms with E-state index in [0.717, 1.165) is 32.6 Å². The van der Waals surface area contributed by atoms with Gasteiger partial charge < -0.3 is 10.3 Å². The predicted octanol–water partition coefficient (Wildman–Crippen LogP) is 4.63. The summed E-state index contributed by atoms with van der Waals surface area (Å²) in [4.78, 5) is 4.77. The fraction of sp³-hybridized carbons (Fsp3) is 0.188. The Balaban J connectivity index is 2.36. The summed E-state index contributed by atoms with van der Waals surface area (Å²) in [5.74, 6) is 0.917. The first kappa shape index (κ1) is 13.2. The second kappa shape index (κ2) is 4.94. The molecule has 0 unspecified atom stereocenters. The van der Waals surface area contributed by atoms with Crippen LogP contribution in [0.25, 0.3) is 22.4 Å². The van der Waals surface area contributed by atoms with Crippen molar-refractivity contribution in [2.75, 3.05) is 5.73 Å². The summed E-state index contributed by atoms with van der Waals surface area (Å²) in [7, 11) is 0. The van der Waals surface area contributed by atoms with Gasteiger partial charge in [-0.2, -0.15) is 0 Å². The van der Waals surface area contributed by atoms with Gasteiger partial charge in [0.2, 0.25) is 0 Å². The van der Waals surface area contributed by atoms with Crippen molar-refractivity contribution in [1.29, 1.82) is 0 Å². The van der Waals surface area contributed by atoms with E-state index in [1.807, 2.05) is 36.4 Å². The topological polar surface area (TPSA) is 43.8 Å². The van der Waals surface area contributed by atoms with Crippen LogP contribution in [0.4, 0.5) is 5.69 Å². The van der Waals surface area contributed by atoms with Gasteiger partial charge in [0.05, 0.1) is 16.7 Å². The lowest BCUT2D eigenvalue weighted by atomic mass is 10.1. The zero-order valence-electron chi connectivity index (χ0n) is 11.5. The van der Waals surface area contributed by atoms with Crippen LogP contribution in [-0.4, -0.2) is 9.55 Å². The average molecular weight is 330 g/mol. The van der Waals surface area contributed by atoms with Crippen LogP contribution < -0.4 is 5.73 Å². The van der Waals surface area contributed by atoms with Gasteiger partial charge in [-0.05, 0) is 54.0 Å². The van der Waals surface area contributed by atoms with Crippen molar-refractivity contribution < 1.29 is 0 Å². The van der Waals surface area contributed by atoms with Gasteiger partial charge in [0.15, 0.2) is 0 Å². The number of nitrogens with two attached hydrogens (primary N) is 1. The highest BCUT2D eigenvalue weighted by Crippen LogP contribution is 2.34. The Kier molecular flexibility index (Phi) is 3.26. The lowest BCUT2D eigenvalue weighted by Crippen LogP contribution is -2.04. The van der Waals surface area contributed by atoms with E-state index in [-0.39, 0.29) is 0 Å². The molecule has 4 heteroatoms. The Morgan fingerprint density at radius 3 is 2.60 bits per heavy atom. The molecule has 3 rings (SSSR count). The Labute approximate surface area is 126 Å². The first-order valence-corrected chi connectivity index (χ1v) is 7.40. The van der Waals surface area contributed by atoms with Crippen molar-refractivity contribution in [2.45, 2.75) is 19.9 Å². The Morgan fingerprint density at radius 1 is 1.10 bits per heavy atom. The molecule has 3 aromatic rings. The van der Waals surface area contributed by atoms with Crippen molar-refractivity contribution in [3.63, 3.8) is 0 Å². The molecule has 0 amide bonds. The fourth-order valence-corrected chi connectivity index (χ4v) is 2.86. The number of rotatable bonds is 2. The summed E-state index contributed by atoms with van der Waals surface area (Å²) in [5, 5.41) is 0. The molecule has 0 saturated heterocycles. The number of aromatic nitrogens is 2. The number of anilines is 1. The molecule has 2 aromatic carbocycles. The smallest absolute Gasteiger partial charge is 0.143 e. The van der Waals surface area contributed by atoms with E-state index in [9.17, 15) is 0 Å². The zero-order chi connectivity index (χ0) is 14.3. The number of imidazole rings is 1. The third-order valence-electron chi connectivity index (χ3n) is 3.41. The van der Waals surface area contributed by atoms with Crippen LogP contribution in [0.2, 0.25) is 0 Å². The lowest BCUT2D eigenvalue weighted by molar-refractivity contribution is 0.624. The first-order chi connectivity index (χ1) is 9.59. The number of hydrogen-bond donors (Lipinski definition) is 1. The SMILES string of the molecule is CC(C)n1c(-c2cccc(Br)c2N)nc2ccccc21. The predicted molar refractivity (Wildman–Crippen MR) is 87.7 cm³/mol. The zero-order valence-corrected chi connectivity index (χ0v) is 13.1. The number of para-hydroxylation sites is 3. The summed E-state index contributed by atoms with van der Waals surface area (Å²) >= 11 is 3.49. The molecule has 1 aromatic heterocycles. The number of halogens is 1. The van der Waals surface area contributed by atoms with E-state index in [0.29, 0.717) is 6.04 Å². The van der Waals surface area contributed by atoms with E-state index in [4.69, 9.17) is 10.7 Å². The third-order valence-corrected chi connectivity index (χ3v) is 4.10. The standard InChI is InChI=1S/C16H16BrN3/c1-10(2)20-14-9-4-3-8-13(14)19-16(20)11-6-5-7-12(17)15(11)18/h3-10H,18H2,1-2H3. The fourth-order valence-electron chi connectivity index (χ4n) is 2.49. The van der Waals surface area contributed by atoms with Crippen LogP contribution in [-0.2, 0) is 0 Å². The van der Waals surface area contributed by atoms with Crippen LogP contribution in [0.1, 0.15) is 19.9 Å². The van der Waals surface area contributed by atoms with Gasteiger partial charge in [-0.3, -0.25) is 0 Å². The summed E-state index contributed by atoms with van der Waals surface area (Å²) in [5.41, 5.74) is 10.0. The molecule has 0 bridgehead atoms. The van der Waals surface area contributed by atoms with Crippen LogP contribution in [0.3, 0.4) is 0 Å². The molecule has 0 fully saturated rings. The molecule has 20 heavy (non-hydrogen) atoms. The van der Waals surface area contributed by atoms with E-state index in [2.05, 4.69) is 40.4 Å². The minimum atomic E-state index is 0.316. The van der Waals surface area contributed by atoms with Crippen LogP contribution in [0.5, 0.6) is 0 Å². The van der Waals surface area contributed by atoms with E-state index in [1.165, 1.54) is 0 Å². The molecule has 0 spiro atoms. The average Bonchev–Trinajstić information content (AvgIpc) is 2.81. The molecule has 0 saturated carbocycles. The van der Waals surface area contributed by atoms with Gasteiger partial charge in [-0.15, -0.1) is 0 Å². The highest BCUT2D eigenvalue weighted by molar-refractivity contribution is 9.10. The maximum absolute atomic E-state index is 6.21. The molecule has 0 aliphatic heterocycles. The molecule has 102 valence electrons. The number of hydrogen-bond acceptors (Lipinski definition) is 2. The monoisotopic (exact) mass is 329 g/mol. The maximum atomic E-state index is 6.21. The number of benzene rings is 2. The van der Waals surface area contributed by atoms with Crippen LogP contribution in [0.15, 0.2) is 46.9 Å². The molecule has 0 aliphatic rings. The van der Waals surface area contributed by atoms with Gasteiger partial charge in [0, 0.05) is 16.1 Å². The van der Waals surface area contributed by atoms with Gasteiger partial charge in [0.25, 0.3) is 0 Å².